The molecule has 1 N–H and O–H groups in total. The van der Waals surface area contributed by atoms with Crippen LogP contribution in [0.2, 0.25) is 19.6 Å². The van der Waals surface area contributed by atoms with Crippen molar-refractivity contribution in [2.45, 2.75) is 51.7 Å². The summed E-state index contributed by atoms with van der Waals surface area (Å²) in [6, 6.07) is 0. The minimum atomic E-state index is -1.25. The molecule has 1 atom stereocenters. The van der Waals surface area contributed by atoms with Gasteiger partial charge in [-0.15, -0.1) is 0 Å². The zero-order valence-corrected chi connectivity index (χ0v) is 11.8. The number of aliphatic hydroxyl groups excluding tert-OH is 1. The molecule has 0 aliphatic heterocycles. The van der Waals surface area contributed by atoms with Crippen molar-refractivity contribution in [2.75, 3.05) is 6.61 Å². The van der Waals surface area contributed by atoms with Gasteiger partial charge in [-0.3, -0.25) is 0 Å². The number of allylic oxidation sites excluding steroid dienone is 3. The molecule has 2 aliphatic rings. The normalized spacial score (nSPS) is 26.5. The molecular formula is C14H24OSi. The van der Waals surface area contributed by atoms with Crippen molar-refractivity contribution in [3.63, 3.8) is 0 Å². The molecule has 0 fully saturated rings. The van der Waals surface area contributed by atoms with Gasteiger partial charge in [0.15, 0.2) is 0 Å². The molecule has 0 radical (unpaired) electrons. The van der Waals surface area contributed by atoms with Crippen LogP contribution < -0.4 is 0 Å². The smallest absolute Gasteiger partial charge is 0.0729 e. The average Bonchev–Trinajstić information content (AvgIpc) is 2.26. The van der Waals surface area contributed by atoms with Crippen LogP contribution in [0, 0.1) is 5.92 Å². The van der Waals surface area contributed by atoms with Gasteiger partial charge in [-0.1, -0.05) is 36.5 Å². The Morgan fingerprint density at radius 3 is 2.56 bits per heavy atom. The van der Waals surface area contributed by atoms with Crippen LogP contribution in [0.5, 0.6) is 0 Å². The van der Waals surface area contributed by atoms with Gasteiger partial charge in [0.2, 0.25) is 0 Å². The summed E-state index contributed by atoms with van der Waals surface area (Å²) in [7, 11) is -1.25. The number of aliphatic hydroxyl groups is 1. The lowest BCUT2D eigenvalue weighted by atomic mass is 9.82. The molecule has 2 rings (SSSR count). The van der Waals surface area contributed by atoms with Gasteiger partial charge in [0.1, 0.15) is 0 Å². The zero-order valence-electron chi connectivity index (χ0n) is 10.8. The van der Waals surface area contributed by atoms with Crippen LogP contribution in [-0.2, 0) is 0 Å². The fourth-order valence-corrected chi connectivity index (χ4v) is 5.13. The quantitative estimate of drug-likeness (QED) is 0.725. The summed E-state index contributed by atoms with van der Waals surface area (Å²) in [6.45, 7) is 7.54. The molecule has 0 spiro atoms. The van der Waals surface area contributed by atoms with Gasteiger partial charge >= 0.3 is 0 Å². The number of rotatable bonds is 2. The molecule has 0 aromatic carbocycles. The van der Waals surface area contributed by atoms with Crippen LogP contribution in [-0.4, -0.2) is 19.8 Å². The van der Waals surface area contributed by atoms with E-state index in [1.807, 2.05) is 0 Å². The summed E-state index contributed by atoms with van der Waals surface area (Å²) in [5.41, 5.74) is 3.26. The van der Waals surface area contributed by atoms with Crippen molar-refractivity contribution >= 4 is 8.07 Å². The third kappa shape index (κ3) is 2.33. The lowest BCUT2D eigenvalue weighted by Gasteiger charge is -2.35. The SMILES string of the molecule is C[Si](C)(C)C1=CC2=C(CCCC2)CC1CO. The summed E-state index contributed by atoms with van der Waals surface area (Å²) >= 11 is 0. The maximum atomic E-state index is 9.57. The highest BCUT2D eigenvalue weighted by Gasteiger charge is 2.31. The molecule has 1 nitrogen and oxygen atoms in total. The maximum Gasteiger partial charge on any atom is 0.0729 e. The molecule has 16 heavy (non-hydrogen) atoms. The topological polar surface area (TPSA) is 20.2 Å². The van der Waals surface area contributed by atoms with Crippen LogP contribution >= 0.6 is 0 Å². The monoisotopic (exact) mass is 236 g/mol. The molecule has 0 saturated heterocycles. The maximum absolute atomic E-state index is 9.57. The minimum absolute atomic E-state index is 0.340. The second-order valence-electron chi connectivity index (χ2n) is 6.27. The van der Waals surface area contributed by atoms with Gasteiger partial charge in [0.25, 0.3) is 0 Å². The molecule has 0 aromatic rings. The Bertz CT molecular complexity index is 333. The molecule has 90 valence electrons. The Kier molecular flexibility index (Phi) is 3.41. The average molecular weight is 236 g/mol. The second-order valence-corrected chi connectivity index (χ2v) is 11.3. The standard InChI is InChI=1S/C14H24OSi/c1-16(2,3)14-9-12-7-5-4-6-11(12)8-13(14)10-15/h9,13,15H,4-8,10H2,1-3H3. The first-order valence-corrected chi connectivity index (χ1v) is 10.1. The van der Waals surface area contributed by atoms with Crippen LogP contribution in [0.25, 0.3) is 0 Å². The van der Waals surface area contributed by atoms with Crippen molar-refractivity contribution in [1.29, 1.82) is 0 Å². The van der Waals surface area contributed by atoms with Crippen molar-refractivity contribution in [2.24, 2.45) is 5.92 Å². The van der Waals surface area contributed by atoms with E-state index in [-0.39, 0.29) is 0 Å². The van der Waals surface area contributed by atoms with E-state index in [2.05, 4.69) is 25.7 Å². The van der Waals surface area contributed by atoms with E-state index < -0.39 is 8.07 Å². The number of hydrogen-bond donors (Lipinski definition) is 1. The van der Waals surface area contributed by atoms with Gasteiger partial charge in [-0.2, -0.15) is 0 Å². The highest BCUT2D eigenvalue weighted by atomic mass is 28.3. The second kappa shape index (κ2) is 4.50. The highest BCUT2D eigenvalue weighted by molar-refractivity contribution is 6.83. The Balaban J connectivity index is 2.33. The molecule has 1 unspecified atom stereocenters. The molecule has 0 saturated carbocycles. The number of hydrogen-bond acceptors (Lipinski definition) is 1. The highest BCUT2D eigenvalue weighted by Crippen LogP contribution is 2.40. The van der Waals surface area contributed by atoms with Crippen molar-refractivity contribution < 1.29 is 5.11 Å². The Morgan fingerprint density at radius 1 is 1.25 bits per heavy atom. The minimum Gasteiger partial charge on any atom is -0.396 e. The van der Waals surface area contributed by atoms with E-state index in [9.17, 15) is 5.11 Å². The van der Waals surface area contributed by atoms with E-state index in [4.69, 9.17) is 0 Å². The van der Waals surface area contributed by atoms with Gasteiger partial charge in [-0.25, -0.2) is 0 Å². The molecule has 0 bridgehead atoms. The van der Waals surface area contributed by atoms with Crippen molar-refractivity contribution in [3.8, 4) is 0 Å². The van der Waals surface area contributed by atoms with Gasteiger partial charge < -0.3 is 5.11 Å². The van der Waals surface area contributed by atoms with Crippen LogP contribution in [0.3, 0.4) is 0 Å². The summed E-state index contributed by atoms with van der Waals surface area (Å²) in [5.74, 6) is 0.434. The summed E-state index contributed by atoms with van der Waals surface area (Å²) < 4.78 is 0. The lowest BCUT2D eigenvalue weighted by molar-refractivity contribution is 0.246. The summed E-state index contributed by atoms with van der Waals surface area (Å²) in [5, 5.41) is 11.2. The molecule has 2 heteroatoms. The molecular weight excluding hydrogens is 212 g/mol. The van der Waals surface area contributed by atoms with E-state index in [0.29, 0.717) is 12.5 Å². The van der Waals surface area contributed by atoms with Gasteiger partial charge in [-0.05, 0) is 37.7 Å². The summed E-state index contributed by atoms with van der Waals surface area (Å²) in [4.78, 5) is 0. The zero-order chi connectivity index (χ0) is 11.8. The van der Waals surface area contributed by atoms with Gasteiger partial charge in [0, 0.05) is 12.5 Å². The Hall–Kier alpha value is -0.343. The van der Waals surface area contributed by atoms with Crippen LogP contribution in [0.15, 0.2) is 22.4 Å². The molecule has 2 aliphatic carbocycles. The van der Waals surface area contributed by atoms with E-state index in [1.165, 1.54) is 25.7 Å². The Labute approximate surface area is 100 Å². The molecule has 0 heterocycles. The van der Waals surface area contributed by atoms with Gasteiger partial charge in [0.05, 0.1) is 8.07 Å². The summed E-state index contributed by atoms with van der Waals surface area (Å²) in [6.07, 6.45) is 8.88. The fourth-order valence-electron chi connectivity index (χ4n) is 3.10. The molecule has 0 amide bonds. The lowest BCUT2D eigenvalue weighted by Crippen LogP contribution is -2.33. The predicted molar refractivity (Wildman–Crippen MR) is 72.1 cm³/mol. The van der Waals surface area contributed by atoms with Crippen LogP contribution in [0.4, 0.5) is 0 Å². The first kappa shape index (κ1) is 12.1. The first-order valence-electron chi connectivity index (χ1n) is 6.56. The van der Waals surface area contributed by atoms with E-state index >= 15 is 0 Å². The van der Waals surface area contributed by atoms with Crippen molar-refractivity contribution in [3.05, 3.63) is 22.4 Å². The van der Waals surface area contributed by atoms with Crippen LogP contribution in [0.1, 0.15) is 32.1 Å². The van der Waals surface area contributed by atoms with Crippen molar-refractivity contribution in [1.82, 2.24) is 0 Å². The largest absolute Gasteiger partial charge is 0.396 e. The van der Waals surface area contributed by atoms with E-state index in [1.54, 1.807) is 16.3 Å². The fraction of sp³-hybridized carbons (Fsp3) is 0.714. The first-order chi connectivity index (χ1) is 7.52. The third-order valence-corrected chi connectivity index (χ3v) is 6.26. The van der Waals surface area contributed by atoms with E-state index in [0.717, 1.165) is 6.42 Å². The predicted octanol–water partition coefficient (Wildman–Crippen LogP) is 3.67. The Morgan fingerprint density at radius 2 is 1.94 bits per heavy atom. The third-order valence-electron chi connectivity index (χ3n) is 3.98. The molecule has 0 aromatic heterocycles.